The number of hydrogen-bond donors (Lipinski definition) is 2. The number of nitrogens with one attached hydrogen (secondary N) is 2. The van der Waals surface area contributed by atoms with E-state index in [1.165, 1.54) is 31.4 Å². The predicted octanol–water partition coefficient (Wildman–Crippen LogP) is 2.17. The van der Waals surface area contributed by atoms with Crippen LogP contribution in [0, 0.1) is 5.92 Å². The van der Waals surface area contributed by atoms with Gasteiger partial charge in [-0.3, -0.25) is 4.79 Å². The van der Waals surface area contributed by atoms with Gasteiger partial charge in [0.05, 0.1) is 6.04 Å². The number of thioether (sulfide) groups is 1. The highest BCUT2D eigenvalue weighted by Gasteiger charge is 2.31. The molecule has 3 atom stereocenters. The average molecular weight is 270 g/mol. The Morgan fingerprint density at radius 1 is 1.56 bits per heavy atom. The Hall–Kier alpha value is -0.220. The summed E-state index contributed by atoms with van der Waals surface area (Å²) >= 11 is 2.00. The van der Waals surface area contributed by atoms with Crippen LogP contribution in [0.15, 0.2) is 0 Å². The van der Waals surface area contributed by atoms with Crippen LogP contribution in [0.3, 0.4) is 0 Å². The van der Waals surface area contributed by atoms with Gasteiger partial charge in [-0.1, -0.05) is 13.3 Å². The van der Waals surface area contributed by atoms with Gasteiger partial charge in [0.25, 0.3) is 0 Å². The molecule has 0 bridgehead atoms. The minimum atomic E-state index is 0.0405. The Morgan fingerprint density at radius 3 is 3.06 bits per heavy atom. The van der Waals surface area contributed by atoms with E-state index >= 15 is 0 Å². The van der Waals surface area contributed by atoms with Gasteiger partial charge in [0.2, 0.25) is 5.91 Å². The van der Waals surface area contributed by atoms with E-state index in [2.05, 4.69) is 24.5 Å². The molecule has 2 N–H and O–H groups in total. The maximum Gasteiger partial charge on any atom is 0.237 e. The molecule has 0 radical (unpaired) electrons. The summed E-state index contributed by atoms with van der Waals surface area (Å²) in [7, 11) is 0. The molecule has 0 aromatic rings. The number of rotatable bonds is 4. The van der Waals surface area contributed by atoms with Gasteiger partial charge in [0, 0.05) is 11.3 Å². The zero-order chi connectivity index (χ0) is 13.0. The average Bonchev–Trinajstić information content (AvgIpc) is 2.83. The van der Waals surface area contributed by atoms with Gasteiger partial charge in [-0.2, -0.15) is 11.8 Å². The van der Waals surface area contributed by atoms with Crippen LogP contribution >= 0.6 is 11.8 Å². The molecule has 18 heavy (non-hydrogen) atoms. The lowest BCUT2D eigenvalue weighted by atomic mass is 9.90. The standard InChI is InChI=1S/C14H26N2OS/c1-3-11-5-7-15-12(9-11)13(17)16-10-14(2)6-4-8-18-14/h11-12,15H,3-10H2,1-2H3,(H,16,17). The van der Waals surface area contributed by atoms with E-state index in [1.807, 2.05) is 11.8 Å². The van der Waals surface area contributed by atoms with E-state index in [0.717, 1.165) is 25.4 Å². The second-order valence-electron chi connectivity index (χ2n) is 5.93. The van der Waals surface area contributed by atoms with Gasteiger partial charge in [0.1, 0.15) is 0 Å². The number of piperidine rings is 1. The highest BCUT2D eigenvalue weighted by Crippen LogP contribution is 2.37. The molecular formula is C14H26N2OS. The van der Waals surface area contributed by atoms with E-state index in [-0.39, 0.29) is 16.7 Å². The normalized spacial score (nSPS) is 36.6. The van der Waals surface area contributed by atoms with Gasteiger partial charge in [0.15, 0.2) is 0 Å². The van der Waals surface area contributed by atoms with Crippen LogP contribution in [0.2, 0.25) is 0 Å². The van der Waals surface area contributed by atoms with Crippen LogP contribution in [0.5, 0.6) is 0 Å². The second-order valence-corrected chi connectivity index (χ2v) is 7.61. The summed E-state index contributed by atoms with van der Waals surface area (Å²) in [5.41, 5.74) is 0. The summed E-state index contributed by atoms with van der Waals surface area (Å²) in [5, 5.41) is 6.51. The lowest BCUT2D eigenvalue weighted by molar-refractivity contribution is -0.124. The molecule has 4 heteroatoms. The van der Waals surface area contributed by atoms with Gasteiger partial charge < -0.3 is 10.6 Å². The van der Waals surface area contributed by atoms with Crippen LogP contribution in [0.1, 0.15) is 46.0 Å². The fourth-order valence-electron chi connectivity index (χ4n) is 2.94. The van der Waals surface area contributed by atoms with Crippen molar-refractivity contribution >= 4 is 17.7 Å². The molecule has 2 fully saturated rings. The molecule has 3 nitrogen and oxygen atoms in total. The first kappa shape index (κ1) is 14.2. The molecule has 2 heterocycles. The molecule has 0 spiro atoms. The maximum atomic E-state index is 12.2. The predicted molar refractivity (Wildman–Crippen MR) is 77.9 cm³/mol. The molecule has 0 saturated carbocycles. The Morgan fingerprint density at radius 2 is 2.39 bits per heavy atom. The topological polar surface area (TPSA) is 41.1 Å². The van der Waals surface area contributed by atoms with Crippen LogP contribution in [0.25, 0.3) is 0 Å². The van der Waals surface area contributed by atoms with Crippen molar-refractivity contribution in [1.29, 1.82) is 0 Å². The largest absolute Gasteiger partial charge is 0.353 e. The van der Waals surface area contributed by atoms with Gasteiger partial charge >= 0.3 is 0 Å². The molecule has 3 unspecified atom stereocenters. The zero-order valence-electron chi connectivity index (χ0n) is 11.6. The third-order valence-corrected chi connectivity index (χ3v) is 5.88. The smallest absolute Gasteiger partial charge is 0.237 e. The summed E-state index contributed by atoms with van der Waals surface area (Å²) in [6.07, 6.45) is 5.93. The van der Waals surface area contributed by atoms with Crippen LogP contribution in [-0.2, 0) is 4.79 Å². The zero-order valence-corrected chi connectivity index (χ0v) is 12.4. The van der Waals surface area contributed by atoms with Crippen LogP contribution in [0.4, 0.5) is 0 Å². The van der Waals surface area contributed by atoms with E-state index in [0.29, 0.717) is 0 Å². The summed E-state index contributed by atoms with van der Waals surface area (Å²) in [5.74, 6) is 2.17. The van der Waals surface area contributed by atoms with Crippen LogP contribution in [-0.4, -0.2) is 35.5 Å². The Bertz CT molecular complexity index is 290. The van der Waals surface area contributed by atoms with Crippen molar-refractivity contribution in [2.45, 2.75) is 56.7 Å². The quantitative estimate of drug-likeness (QED) is 0.822. The van der Waals surface area contributed by atoms with E-state index in [1.54, 1.807) is 0 Å². The summed E-state index contributed by atoms with van der Waals surface area (Å²) in [4.78, 5) is 12.2. The minimum absolute atomic E-state index is 0.0405. The molecule has 0 aliphatic carbocycles. The molecule has 0 aromatic heterocycles. The molecule has 2 rings (SSSR count). The van der Waals surface area contributed by atoms with E-state index in [9.17, 15) is 4.79 Å². The van der Waals surface area contributed by atoms with Gasteiger partial charge in [-0.25, -0.2) is 0 Å². The molecule has 1 amide bonds. The van der Waals surface area contributed by atoms with Crippen molar-refractivity contribution in [2.75, 3.05) is 18.8 Å². The highest BCUT2D eigenvalue weighted by atomic mass is 32.2. The first-order chi connectivity index (χ1) is 8.63. The molecule has 2 aliphatic heterocycles. The molecule has 104 valence electrons. The lowest BCUT2D eigenvalue weighted by Crippen LogP contribution is -2.50. The van der Waals surface area contributed by atoms with Crippen molar-refractivity contribution < 1.29 is 4.79 Å². The van der Waals surface area contributed by atoms with Crippen molar-refractivity contribution in [3.05, 3.63) is 0 Å². The summed E-state index contributed by atoms with van der Waals surface area (Å²) in [6.45, 7) is 6.31. The number of carbonyl (C=O) groups is 1. The SMILES string of the molecule is CCC1CCNC(C(=O)NCC2(C)CCCS2)C1. The fourth-order valence-corrected chi connectivity index (χ4v) is 4.18. The summed E-state index contributed by atoms with van der Waals surface area (Å²) in [6, 6.07) is 0.0405. The Balaban J connectivity index is 1.77. The summed E-state index contributed by atoms with van der Waals surface area (Å²) < 4.78 is 0.272. The Kier molecular flexibility index (Phi) is 4.96. The maximum absolute atomic E-state index is 12.2. The van der Waals surface area contributed by atoms with Crippen molar-refractivity contribution in [3.8, 4) is 0 Å². The fraction of sp³-hybridized carbons (Fsp3) is 0.929. The van der Waals surface area contributed by atoms with Crippen molar-refractivity contribution in [1.82, 2.24) is 10.6 Å². The van der Waals surface area contributed by atoms with E-state index < -0.39 is 0 Å². The Labute approximate surface area is 115 Å². The first-order valence-electron chi connectivity index (χ1n) is 7.28. The highest BCUT2D eigenvalue weighted by molar-refractivity contribution is 8.00. The monoisotopic (exact) mass is 270 g/mol. The molecule has 0 aromatic carbocycles. The molecular weight excluding hydrogens is 244 g/mol. The third-order valence-electron chi connectivity index (χ3n) is 4.34. The number of hydrogen-bond acceptors (Lipinski definition) is 3. The van der Waals surface area contributed by atoms with E-state index in [4.69, 9.17) is 0 Å². The molecule has 2 saturated heterocycles. The first-order valence-corrected chi connectivity index (χ1v) is 8.26. The van der Waals surface area contributed by atoms with Crippen LogP contribution < -0.4 is 10.6 Å². The third kappa shape index (κ3) is 3.64. The van der Waals surface area contributed by atoms with Crippen molar-refractivity contribution in [2.24, 2.45) is 5.92 Å². The number of amides is 1. The van der Waals surface area contributed by atoms with Gasteiger partial charge in [-0.15, -0.1) is 0 Å². The second kappa shape index (κ2) is 6.29. The van der Waals surface area contributed by atoms with Gasteiger partial charge in [-0.05, 0) is 50.8 Å². The molecule has 2 aliphatic rings. The lowest BCUT2D eigenvalue weighted by Gasteiger charge is -2.30. The minimum Gasteiger partial charge on any atom is -0.353 e. The number of carbonyl (C=O) groups excluding carboxylic acids is 1. The van der Waals surface area contributed by atoms with Crippen molar-refractivity contribution in [3.63, 3.8) is 0 Å².